The number of ether oxygens (including phenoxy) is 2. The van der Waals surface area contributed by atoms with Crippen LogP contribution in [0.4, 0.5) is 0 Å². The molecule has 1 aromatic rings. The first-order chi connectivity index (χ1) is 8.10. The molecule has 2 N–H and O–H groups in total. The molecular formula is C13H15NO3. The summed E-state index contributed by atoms with van der Waals surface area (Å²) in [5.41, 5.74) is 6.16. The molecule has 17 heavy (non-hydrogen) atoms. The number of rotatable bonds is 2. The van der Waals surface area contributed by atoms with Crippen molar-refractivity contribution in [2.75, 3.05) is 0 Å². The van der Waals surface area contributed by atoms with Crippen LogP contribution < -0.4 is 15.2 Å². The van der Waals surface area contributed by atoms with Crippen LogP contribution >= 0.6 is 0 Å². The van der Waals surface area contributed by atoms with E-state index in [-0.39, 0.29) is 5.78 Å². The first kappa shape index (κ1) is 10.6. The molecule has 90 valence electrons. The molecule has 1 aliphatic heterocycles. The lowest BCUT2D eigenvalue weighted by atomic mass is 9.91. The Kier molecular flexibility index (Phi) is 2.16. The van der Waals surface area contributed by atoms with E-state index in [9.17, 15) is 4.79 Å². The van der Waals surface area contributed by atoms with Crippen LogP contribution in [0.25, 0.3) is 0 Å². The number of hydrogen-bond acceptors (Lipinski definition) is 4. The molecule has 0 bridgehead atoms. The van der Waals surface area contributed by atoms with Crippen molar-refractivity contribution in [1.82, 2.24) is 0 Å². The highest BCUT2D eigenvalue weighted by Crippen LogP contribution is 2.48. The van der Waals surface area contributed by atoms with E-state index >= 15 is 0 Å². The number of nitrogens with two attached hydrogens (primary N) is 1. The molecule has 1 spiro atoms. The quantitative estimate of drug-likeness (QED) is 0.792. The SMILES string of the molecule is CC(N)C(=O)c1ccc2c(c1)OC1(CCC1)O2. The second-order valence-corrected chi connectivity index (χ2v) is 4.78. The maximum absolute atomic E-state index is 11.8. The lowest BCUT2D eigenvalue weighted by Crippen LogP contribution is -2.45. The topological polar surface area (TPSA) is 61.6 Å². The van der Waals surface area contributed by atoms with Crippen molar-refractivity contribution >= 4 is 5.78 Å². The van der Waals surface area contributed by atoms with E-state index in [2.05, 4.69) is 0 Å². The number of carbonyl (C=O) groups excluding carboxylic acids is 1. The summed E-state index contributed by atoms with van der Waals surface area (Å²) >= 11 is 0. The van der Waals surface area contributed by atoms with Gasteiger partial charge in [-0.15, -0.1) is 0 Å². The first-order valence-corrected chi connectivity index (χ1v) is 5.92. The van der Waals surface area contributed by atoms with Gasteiger partial charge in [0.1, 0.15) is 0 Å². The smallest absolute Gasteiger partial charge is 0.251 e. The van der Waals surface area contributed by atoms with Crippen molar-refractivity contribution in [1.29, 1.82) is 0 Å². The lowest BCUT2D eigenvalue weighted by molar-refractivity contribution is -0.138. The van der Waals surface area contributed by atoms with Crippen LogP contribution in [0.15, 0.2) is 18.2 Å². The molecule has 4 heteroatoms. The molecule has 0 radical (unpaired) electrons. The molecule has 1 aliphatic carbocycles. The van der Waals surface area contributed by atoms with Gasteiger partial charge in [-0.05, 0) is 31.5 Å². The van der Waals surface area contributed by atoms with E-state index in [4.69, 9.17) is 15.2 Å². The average molecular weight is 233 g/mol. The van der Waals surface area contributed by atoms with Gasteiger partial charge in [0.15, 0.2) is 17.3 Å². The molecule has 4 nitrogen and oxygen atoms in total. The minimum absolute atomic E-state index is 0.0778. The molecule has 3 rings (SSSR count). The second-order valence-electron chi connectivity index (χ2n) is 4.78. The fourth-order valence-corrected chi connectivity index (χ4v) is 2.18. The Hall–Kier alpha value is -1.55. The van der Waals surface area contributed by atoms with Crippen molar-refractivity contribution in [3.05, 3.63) is 23.8 Å². The maximum atomic E-state index is 11.8. The number of ketones is 1. The van der Waals surface area contributed by atoms with Gasteiger partial charge in [-0.25, -0.2) is 0 Å². The van der Waals surface area contributed by atoms with Crippen LogP contribution in [0.3, 0.4) is 0 Å². The fourth-order valence-electron chi connectivity index (χ4n) is 2.18. The average Bonchev–Trinajstić information content (AvgIpc) is 2.65. The molecular weight excluding hydrogens is 218 g/mol. The Morgan fingerprint density at radius 3 is 2.65 bits per heavy atom. The summed E-state index contributed by atoms with van der Waals surface area (Å²) in [7, 11) is 0. The van der Waals surface area contributed by atoms with Gasteiger partial charge in [0, 0.05) is 18.4 Å². The number of fused-ring (bicyclic) bond motifs is 1. The molecule has 1 aromatic carbocycles. The van der Waals surface area contributed by atoms with E-state index in [1.54, 1.807) is 25.1 Å². The van der Waals surface area contributed by atoms with Gasteiger partial charge >= 0.3 is 0 Å². The van der Waals surface area contributed by atoms with Crippen molar-refractivity contribution in [2.24, 2.45) is 5.73 Å². The molecule has 2 aliphatic rings. The third-order valence-corrected chi connectivity index (χ3v) is 3.35. The minimum Gasteiger partial charge on any atom is -0.448 e. The van der Waals surface area contributed by atoms with Gasteiger partial charge in [0.05, 0.1) is 6.04 Å². The zero-order chi connectivity index (χ0) is 12.0. The summed E-state index contributed by atoms with van der Waals surface area (Å²) in [5, 5.41) is 0. The number of benzene rings is 1. The van der Waals surface area contributed by atoms with E-state index in [0.29, 0.717) is 11.3 Å². The van der Waals surface area contributed by atoms with Crippen LogP contribution in [0.2, 0.25) is 0 Å². The van der Waals surface area contributed by atoms with Crippen molar-refractivity contribution in [3.8, 4) is 11.5 Å². The Morgan fingerprint density at radius 2 is 2.06 bits per heavy atom. The van der Waals surface area contributed by atoms with Gasteiger partial charge in [-0.1, -0.05) is 0 Å². The zero-order valence-electron chi connectivity index (χ0n) is 9.73. The molecule has 0 amide bonds. The molecule has 0 saturated heterocycles. The standard InChI is InChI=1S/C13H15NO3/c1-8(14)12(15)9-3-4-10-11(7-9)17-13(16-10)5-2-6-13/h3-4,7-8H,2,5-6,14H2,1H3. The van der Waals surface area contributed by atoms with Crippen molar-refractivity contribution in [3.63, 3.8) is 0 Å². The van der Waals surface area contributed by atoms with Gasteiger partial charge in [-0.3, -0.25) is 4.79 Å². The summed E-state index contributed by atoms with van der Waals surface area (Å²) in [6, 6.07) is 4.77. The summed E-state index contributed by atoms with van der Waals surface area (Å²) in [5.74, 6) is 0.867. The second kappa shape index (κ2) is 3.47. The molecule has 1 unspecified atom stereocenters. The fraction of sp³-hybridized carbons (Fsp3) is 0.462. The normalized spacial score (nSPS) is 21.1. The molecule has 1 saturated carbocycles. The first-order valence-electron chi connectivity index (χ1n) is 5.92. The van der Waals surface area contributed by atoms with Gasteiger partial charge < -0.3 is 15.2 Å². The van der Waals surface area contributed by atoms with Crippen molar-refractivity contribution < 1.29 is 14.3 Å². The van der Waals surface area contributed by atoms with Gasteiger partial charge in [-0.2, -0.15) is 0 Å². The third kappa shape index (κ3) is 1.60. The lowest BCUT2D eigenvalue weighted by Gasteiger charge is -2.35. The molecule has 1 heterocycles. The highest BCUT2D eigenvalue weighted by molar-refractivity contribution is 6.00. The summed E-state index contributed by atoms with van der Waals surface area (Å²) in [4.78, 5) is 11.8. The van der Waals surface area contributed by atoms with Crippen LogP contribution in [0, 0.1) is 0 Å². The Morgan fingerprint density at radius 1 is 1.35 bits per heavy atom. The number of Topliss-reactive ketones (excluding diaryl/α,β-unsaturated/α-hetero) is 1. The summed E-state index contributed by atoms with van der Waals surface area (Å²) in [6.07, 6.45) is 2.95. The molecule has 1 atom stereocenters. The van der Waals surface area contributed by atoms with E-state index in [1.807, 2.05) is 0 Å². The van der Waals surface area contributed by atoms with E-state index < -0.39 is 11.8 Å². The monoisotopic (exact) mass is 233 g/mol. The largest absolute Gasteiger partial charge is 0.448 e. The zero-order valence-corrected chi connectivity index (χ0v) is 9.73. The Balaban J connectivity index is 1.89. The van der Waals surface area contributed by atoms with Crippen LogP contribution in [-0.2, 0) is 0 Å². The highest BCUT2D eigenvalue weighted by Gasteiger charge is 2.47. The predicted octanol–water partition coefficient (Wildman–Crippen LogP) is 1.87. The van der Waals surface area contributed by atoms with E-state index in [0.717, 1.165) is 25.0 Å². The predicted molar refractivity (Wildman–Crippen MR) is 62.3 cm³/mol. The summed E-state index contributed by atoms with van der Waals surface area (Å²) in [6.45, 7) is 1.68. The molecule has 0 aromatic heterocycles. The van der Waals surface area contributed by atoms with E-state index in [1.165, 1.54) is 0 Å². The molecule has 1 fully saturated rings. The maximum Gasteiger partial charge on any atom is 0.251 e. The number of carbonyl (C=O) groups is 1. The highest BCUT2D eigenvalue weighted by atomic mass is 16.7. The van der Waals surface area contributed by atoms with Crippen LogP contribution in [0.1, 0.15) is 36.5 Å². The summed E-state index contributed by atoms with van der Waals surface area (Å²) < 4.78 is 11.5. The van der Waals surface area contributed by atoms with Crippen LogP contribution in [-0.4, -0.2) is 17.6 Å². The Bertz CT molecular complexity index is 478. The third-order valence-electron chi connectivity index (χ3n) is 3.35. The van der Waals surface area contributed by atoms with Gasteiger partial charge in [0.25, 0.3) is 5.79 Å². The van der Waals surface area contributed by atoms with Crippen molar-refractivity contribution in [2.45, 2.75) is 38.0 Å². The number of hydrogen-bond donors (Lipinski definition) is 1. The minimum atomic E-state index is -0.493. The Labute approximate surface area is 99.7 Å². The van der Waals surface area contributed by atoms with Gasteiger partial charge in [0.2, 0.25) is 0 Å². The van der Waals surface area contributed by atoms with Crippen LogP contribution in [0.5, 0.6) is 11.5 Å².